The molecule has 0 radical (unpaired) electrons. The summed E-state index contributed by atoms with van der Waals surface area (Å²) >= 11 is 0. The average Bonchev–Trinajstić information content (AvgIpc) is 2.42. The Hall–Kier alpha value is -1.90. The van der Waals surface area contributed by atoms with Crippen molar-refractivity contribution in [2.75, 3.05) is 6.61 Å². The minimum absolute atomic E-state index is 0.647. The number of aldehydes is 1. The largest absolute Gasteiger partial charge is 0.478 e. The van der Waals surface area contributed by atoms with Gasteiger partial charge >= 0.3 is 0 Å². The first-order chi connectivity index (χ1) is 8.90. The van der Waals surface area contributed by atoms with Crippen LogP contribution in [0.4, 0.5) is 0 Å². The molecule has 0 aliphatic heterocycles. The Morgan fingerprint density at radius 1 is 1.06 bits per heavy atom. The number of aromatic nitrogens is 1. The topological polar surface area (TPSA) is 39.2 Å². The molecule has 0 saturated carbocycles. The van der Waals surface area contributed by atoms with E-state index in [1.165, 1.54) is 0 Å². The normalized spacial score (nSPS) is 10.4. The highest BCUT2D eigenvalue weighted by Crippen LogP contribution is 2.16. The number of ether oxygens (including phenoxy) is 1. The first-order valence-electron chi connectivity index (χ1n) is 6.32. The lowest BCUT2D eigenvalue weighted by atomic mass is 10.2. The van der Waals surface area contributed by atoms with E-state index in [0.29, 0.717) is 18.9 Å². The molecule has 3 nitrogen and oxygen atoms in total. The standard InChI is InChI=1S/C15H17NO2/c17-11-5-1-2-6-12-18-15-10-9-13-7-3-4-8-14(13)16-15/h3-4,7-11H,1-2,5-6,12H2. The Bertz CT molecular complexity index is 511. The summed E-state index contributed by atoms with van der Waals surface area (Å²) in [6, 6.07) is 11.9. The highest BCUT2D eigenvalue weighted by atomic mass is 16.5. The molecule has 0 spiro atoms. The monoisotopic (exact) mass is 243 g/mol. The van der Waals surface area contributed by atoms with E-state index >= 15 is 0 Å². The summed E-state index contributed by atoms with van der Waals surface area (Å²) in [6.07, 6.45) is 4.53. The molecule has 2 aromatic rings. The molecule has 0 fully saturated rings. The lowest BCUT2D eigenvalue weighted by Gasteiger charge is -2.05. The molecule has 1 aromatic heterocycles. The minimum Gasteiger partial charge on any atom is -0.478 e. The molecule has 94 valence electrons. The number of hydrogen-bond donors (Lipinski definition) is 0. The van der Waals surface area contributed by atoms with Crippen LogP contribution in [-0.4, -0.2) is 17.9 Å². The van der Waals surface area contributed by atoms with Crippen molar-refractivity contribution in [1.29, 1.82) is 0 Å². The summed E-state index contributed by atoms with van der Waals surface area (Å²) < 4.78 is 5.59. The summed E-state index contributed by atoms with van der Waals surface area (Å²) in [5, 5.41) is 1.12. The number of carbonyl (C=O) groups excluding carboxylic acids is 1. The quantitative estimate of drug-likeness (QED) is 0.553. The first-order valence-corrected chi connectivity index (χ1v) is 6.32. The Morgan fingerprint density at radius 2 is 1.94 bits per heavy atom. The van der Waals surface area contributed by atoms with Crippen molar-refractivity contribution in [2.24, 2.45) is 0 Å². The third-order valence-corrected chi connectivity index (χ3v) is 2.79. The van der Waals surface area contributed by atoms with E-state index in [4.69, 9.17) is 4.74 Å². The van der Waals surface area contributed by atoms with E-state index in [-0.39, 0.29) is 0 Å². The van der Waals surface area contributed by atoms with Crippen LogP contribution in [0.15, 0.2) is 36.4 Å². The molecule has 2 rings (SSSR count). The summed E-state index contributed by atoms with van der Waals surface area (Å²) in [6.45, 7) is 0.657. The van der Waals surface area contributed by atoms with Crippen molar-refractivity contribution < 1.29 is 9.53 Å². The number of nitrogens with zero attached hydrogens (tertiary/aromatic N) is 1. The zero-order valence-electron chi connectivity index (χ0n) is 10.3. The Kier molecular flexibility index (Phi) is 4.70. The number of pyridine rings is 1. The number of unbranched alkanes of at least 4 members (excludes halogenated alkanes) is 3. The summed E-state index contributed by atoms with van der Waals surface area (Å²) in [5.41, 5.74) is 0.955. The van der Waals surface area contributed by atoms with Crippen molar-refractivity contribution in [3.05, 3.63) is 36.4 Å². The van der Waals surface area contributed by atoms with E-state index in [0.717, 1.165) is 36.5 Å². The maximum Gasteiger partial charge on any atom is 0.213 e. The third-order valence-electron chi connectivity index (χ3n) is 2.79. The van der Waals surface area contributed by atoms with Crippen LogP contribution in [0.25, 0.3) is 10.9 Å². The molecule has 1 aromatic carbocycles. The minimum atomic E-state index is 0.647. The fraction of sp³-hybridized carbons (Fsp3) is 0.333. The van der Waals surface area contributed by atoms with Gasteiger partial charge in [0, 0.05) is 17.9 Å². The molecule has 0 unspecified atom stereocenters. The number of carbonyl (C=O) groups is 1. The van der Waals surface area contributed by atoms with Crippen LogP contribution in [0, 0.1) is 0 Å². The van der Waals surface area contributed by atoms with E-state index in [1.807, 2.05) is 36.4 Å². The molecule has 3 heteroatoms. The van der Waals surface area contributed by atoms with Gasteiger partial charge in [0.25, 0.3) is 0 Å². The van der Waals surface area contributed by atoms with Crippen molar-refractivity contribution in [1.82, 2.24) is 4.98 Å². The lowest BCUT2D eigenvalue weighted by Crippen LogP contribution is -1.99. The number of para-hydroxylation sites is 1. The van der Waals surface area contributed by atoms with Crippen LogP contribution in [-0.2, 0) is 4.79 Å². The second kappa shape index (κ2) is 6.74. The van der Waals surface area contributed by atoms with Gasteiger partial charge in [-0.2, -0.15) is 0 Å². The van der Waals surface area contributed by atoms with Gasteiger partial charge in [0.1, 0.15) is 6.29 Å². The number of rotatable bonds is 7. The second-order valence-electron chi connectivity index (χ2n) is 4.21. The smallest absolute Gasteiger partial charge is 0.213 e. The molecule has 0 saturated heterocycles. The van der Waals surface area contributed by atoms with Crippen molar-refractivity contribution in [3.8, 4) is 5.88 Å². The SMILES string of the molecule is O=CCCCCCOc1ccc2ccccc2n1. The van der Waals surface area contributed by atoms with Crippen LogP contribution in [0.2, 0.25) is 0 Å². The van der Waals surface area contributed by atoms with E-state index in [2.05, 4.69) is 4.98 Å². The molecular weight excluding hydrogens is 226 g/mol. The number of fused-ring (bicyclic) bond motifs is 1. The molecule has 0 bridgehead atoms. The lowest BCUT2D eigenvalue weighted by molar-refractivity contribution is -0.107. The zero-order valence-corrected chi connectivity index (χ0v) is 10.3. The Labute approximate surface area is 107 Å². The number of hydrogen-bond acceptors (Lipinski definition) is 3. The Balaban J connectivity index is 1.82. The van der Waals surface area contributed by atoms with Gasteiger partial charge < -0.3 is 9.53 Å². The van der Waals surface area contributed by atoms with Gasteiger partial charge in [-0.05, 0) is 31.4 Å². The predicted octanol–water partition coefficient (Wildman–Crippen LogP) is 3.37. The van der Waals surface area contributed by atoms with Crippen LogP contribution < -0.4 is 4.74 Å². The van der Waals surface area contributed by atoms with Crippen molar-refractivity contribution in [2.45, 2.75) is 25.7 Å². The molecule has 0 N–H and O–H groups in total. The van der Waals surface area contributed by atoms with Gasteiger partial charge in [-0.15, -0.1) is 0 Å². The van der Waals surface area contributed by atoms with Gasteiger partial charge in [0.05, 0.1) is 12.1 Å². The van der Waals surface area contributed by atoms with Crippen molar-refractivity contribution >= 4 is 17.2 Å². The molecular formula is C15H17NO2. The van der Waals surface area contributed by atoms with Crippen LogP contribution in [0.3, 0.4) is 0 Å². The summed E-state index contributed by atoms with van der Waals surface area (Å²) in [4.78, 5) is 14.6. The van der Waals surface area contributed by atoms with Gasteiger partial charge in [0.15, 0.2) is 0 Å². The molecule has 1 heterocycles. The molecule has 0 aliphatic carbocycles. The van der Waals surface area contributed by atoms with Crippen LogP contribution >= 0.6 is 0 Å². The second-order valence-corrected chi connectivity index (χ2v) is 4.21. The van der Waals surface area contributed by atoms with Gasteiger partial charge in [-0.25, -0.2) is 4.98 Å². The molecule has 0 atom stereocenters. The van der Waals surface area contributed by atoms with Gasteiger partial charge in [-0.3, -0.25) is 0 Å². The summed E-state index contributed by atoms with van der Waals surface area (Å²) in [5.74, 6) is 0.670. The zero-order chi connectivity index (χ0) is 12.6. The van der Waals surface area contributed by atoms with Crippen LogP contribution in [0.5, 0.6) is 5.88 Å². The van der Waals surface area contributed by atoms with E-state index < -0.39 is 0 Å². The summed E-state index contributed by atoms with van der Waals surface area (Å²) in [7, 11) is 0. The van der Waals surface area contributed by atoms with Crippen LogP contribution in [0.1, 0.15) is 25.7 Å². The maximum atomic E-state index is 10.1. The average molecular weight is 243 g/mol. The highest BCUT2D eigenvalue weighted by Gasteiger charge is 1.98. The molecule has 0 aliphatic rings. The van der Waals surface area contributed by atoms with Crippen molar-refractivity contribution in [3.63, 3.8) is 0 Å². The first kappa shape index (κ1) is 12.6. The predicted molar refractivity (Wildman–Crippen MR) is 71.8 cm³/mol. The highest BCUT2D eigenvalue weighted by molar-refractivity contribution is 5.78. The van der Waals surface area contributed by atoms with Gasteiger partial charge in [-0.1, -0.05) is 18.2 Å². The maximum absolute atomic E-state index is 10.1. The molecule has 18 heavy (non-hydrogen) atoms. The molecule has 0 amide bonds. The fourth-order valence-electron chi connectivity index (χ4n) is 1.81. The Morgan fingerprint density at radius 3 is 2.83 bits per heavy atom. The van der Waals surface area contributed by atoms with Gasteiger partial charge in [0.2, 0.25) is 5.88 Å². The third kappa shape index (κ3) is 3.55. The number of benzene rings is 1. The fourth-order valence-corrected chi connectivity index (χ4v) is 1.81. The van der Waals surface area contributed by atoms with E-state index in [9.17, 15) is 4.79 Å². The van der Waals surface area contributed by atoms with E-state index in [1.54, 1.807) is 0 Å².